The summed E-state index contributed by atoms with van der Waals surface area (Å²) in [5.41, 5.74) is 0.0618. The minimum absolute atomic E-state index is 0.0363. The van der Waals surface area contributed by atoms with Crippen LogP contribution in [0, 0.1) is 34.5 Å². The third-order valence-electron chi connectivity index (χ3n) is 12.7. The van der Waals surface area contributed by atoms with E-state index in [0.29, 0.717) is 11.8 Å². The molecule has 0 aromatic carbocycles. The van der Waals surface area contributed by atoms with Gasteiger partial charge < -0.3 is 24.1 Å². The molecule has 7 aliphatic rings. The third kappa shape index (κ3) is 2.42. The fourth-order valence-corrected chi connectivity index (χ4v) is 10.5. The first-order chi connectivity index (χ1) is 17.0. The first kappa shape index (κ1) is 23.8. The van der Waals surface area contributed by atoms with Crippen LogP contribution in [0.4, 0.5) is 0 Å². The lowest BCUT2D eigenvalue weighted by Gasteiger charge is -2.60. The minimum Gasteiger partial charge on any atom is -0.458 e. The third-order valence-corrected chi connectivity index (χ3v) is 12.7. The van der Waals surface area contributed by atoms with E-state index in [4.69, 9.17) is 18.9 Å². The summed E-state index contributed by atoms with van der Waals surface area (Å²) in [7, 11) is 1.57. The van der Waals surface area contributed by atoms with E-state index >= 15 is 0 Å². The Hall–Kier alpha value is -1.28. The van der Waals surface area contributed by atoms with Gasteiger partial charge in [0.1, 0.15) is 29.2 Å². The Balaban J connectivity index is 1.20. The van der Waals surface area contributed by atoms with Gasteiger partial charge in [-0.2, -0.15) is 0 Å². The highest BCUT2D eigenvalue weighted by molar-refractivity contribution is 5.90. The van der Waals surface area contributed by atoms with E-state index in [1.165, 1.54) is 0 Å². The Morgan fingerprint density at radius 2 is 1.81 bits per heavy atom. The van der Waals surface area contributed by atoms with Gasteiger partial charge in [-0.05, 0) is 64.2 Å². The van der Waals surface area contributed by atoms with Crippen molar-refractivity contribution < 1.29 is 33.6 Å². The number of carbonyl (C=O) groups is 2. The summed E-state index contributed by atoms with van der Waals surface area (Å²) in [6, 6.07) is 0. The van der Waals surface area contributed by atoms with E-state index in [1.807, 2.05) is 13.8 Å². The number of epoxide rings is 2. The van der Waals surface area contributed by atoms with Crippen molar-refractivity contribution in [1.82, 2.24) is 0 Å². The molecule has 0 radical (unpaired) electrons. The number of hydrogen-bond acceptors (Lipinski definition) is 7. The topological polar surface area (TPSA) is 97.9 Å². The molecule has 3 aliphatic heterocycles. The van der Waals surface area contributed by atoms with Gasteiger partial charge >= 0.3 is 5.97 Å². The summed E-state index contributed by atoms with van der Waals surface area (Å²) in [6.07, 6.45) is 3.47. The Morgan fingerprint density at radius 1 is 1.06 bits per heavy atom. The van der Waals surface area contributed by atoms with Gasteiger partial charge in [-0.25, -0.2) is 4.79 Å². The summed E-state index contributed by atoms with van der Waals surface area (Å²) in [6.45, 7) is 10.6. The van der Waals surface area contributed by atoms with Crippen molar-refractivity contribution in [1.29, 1.82) is 0 Å². The van der Waals surface area contributed by atoms with Gasteiger partial charge in [0, 0.05) is 36.9 Å². The van der Waals surface area contributed by atoms with Gasteiger partial charge in [-0.3, -0.25) is 4.79 Å². The molecule has 7 heteroatoms. The molecule has 0 unspecified atom stereocenters. The molecule has 198 valence electrons. The Kier molecular flexibility index (Phi) is 4.64. The molecule has 3 heterocycles. The molecule has 7 nitrogen and oxygen atoms in total. The number of fused-ring (bicyclic) bond motifs is 6. The maximum absolute atomic E-state index is 13.7. The van der Waals surface area contributed by atoms with Crippen molar-refractivity contribution in [2.45, 2.75) is 115 Å². The molecule has 36 heavy (non-hydrogen) atoms. The lowest BCUT2D eigenvalue weighted by molar-refractivity contribution is -0.187. The van der Waals surface area contributed by atoms with Crippen molar-refractivity contribution in [3.63, 3.8) is 0 Å². The molecule has 2 saturated heterocycles. The first-order valence-electron chi connectivity index (χ1n) is 13.9. The number of ketones is 1. The van der Waals surface area contributed by atoms with Crippen molar-refractivity contribution >= 4 is 11.8 Å². The largest absolute Gasteiger partial charge is 0.458 e. The molecular formula is C29H40O7. The zero-order valence-electron chi connectivity index (χ0n) is 22.3. The maximum atomic E-state index is 13.7. The molecule has 1 spiro atoms. The van der Waals surface area contributed by atoms with Gasteiger partial charge in [0.05, 0.1) is 23.7 Å². The molecule has 0 aromatic rings. The average molecular weight is 501 g/mol. The standard InChI is InChI=1S/C29H40O7/c1-13-9-19(34-25(32)14(13)2)15(3)28-23(35-28)11-18-16-10-22-29(36-22)24(31)20(33-6)12-21(30)27(29,5)17(16)7-8-26(18,28)4/h15-20,22-24,31H,7-12H2,1-6H3/t15-,16-,17+,18+,19-,20+,22-,23-,24+,26+,27+,28-,29+/m1/s1. The number of esters is 1. The van der Waals surface area contributed by atoms with Crippen LogP contribution in [-0.4, -0.2) is 65.7 Å². The molecule has 6 fully saturated rings. The van der Waals surface area contributed by atoms with Gasteiger partial charge in [0.2, 0.25) is 0 Å². The van der Waals surface area contributed by atoms with Crippen molar-refractivity contribution in [3.8, 4) is 0 Å². The molecule has 0 bridgehead atoms. The molecular weight excluding hydrogens is 460 g/mol. The quantitative estimate of drug-likeness (QED) is 0.469. The summed E-state index contributed by atoms with van der Waals surface area (Å²) < 4.78 is 24.4. The lowest BCUT2D eigenvalue weighted by atomic mass is 9.43. The second-order valence-electron chi connectivity index (χ2n) is 13.5. The Morgan fingerprint density at radius 3 is 2.50 bits per heavy atom. The maximum Gasteiger partial charge on any atom is 0.333 e. The highest BCUT2D eigenvalue weighted by atomic mass is 16.6. The molecule has 7 rings (SSSR count). The van der Waals surface area contributed by atoms with Crippen LogP contribution < -0.4 is 0 Å². The van der Waals surface area contributed by atoms with E-state index in [-0.39, 0.29) is 59.3 Å². The number of cyclic esters (lactones) is 1. The van der Waals surface area contributed by atoms with Crippen LogP contribution >= 0.6 is 0 Å². The monoisotopic (exact) mass is 500 g/mol. The summed E-state index contributed by atoms with van der Waals surface area (Å²) in [5, 5.41) is 11.3. The van der Waals surface area contributed by atoms with Crippen LogP contribution in [0.5, 0.6) is 0 Å². The summed E-state index contributed by atoms with van der Waals surface area (Å²) >= 11 is 0. The van der Waals surface area contributed by atoms with Crippen LogP contribution in [0.15, 0.2) is 11.1 Å². The van der Waals surface area contributed by atoms with E-state index in [2.05, 4.69) is 20.8 Å². The molecule has 0 aromatic heterocycles. The molecule has 4 aliphatic carbocycles. The number of hydrogen-bond donors (Lipinski definition) is 1. The second-order valence-corrected chi connectivity index (χ2v) is 13.5. The minimum atomic E-state index is -0.793. The summed E-state index contributed by atoms with van der Waals surface area (Å²) in [4.78, 5) is 26.2. The number of ether oxygens (including phenoxy) is 4. The molecule has 1 N–H and O–H groups in total. The zero-order chi connectivity index (χ0) is 25.6. The Labute approximate surface area is 213 Å². The highest BCUT2D eigenvalue weighted by Gasteiger charge is 2.85. The predicted octanol–water partition coefficient (Wildman–Crippen LogP) is 3.36. The SMILES string of the molecule is CO[C@H]1CC(=O)[C@]2(C)[C@H]3CC[C@@]4(C)[C@@H](C[C@H]5O[C@]54[C@H](C)[C@H]4CC(C)=C(C)C(=O)O4)[C@@H]3C[C@H]3O[C@]32[C@H]1O. The number of carbonyl (C=O) groups excluding carboxylic acids is 2. The van der Waals surface area contributed by atoms with Crippen LogP contribution in [-0.2, 0) is 28.5 Å². The van der Waals surface area contributed by atoms with Crippen LogP contribution in [0.1, 0.15) is 73.1 Å². The number of Topliss-reactive ketones (excluding diaryl/α,β-unsaturated/α-hetero) is 1. The lowest BCUT2D eigenvalue weighted by Crippen LogP contribution is -2.68. The summed E-state index contributed by atoms with van der Waals surface area (Å²) in [5.74, 6) is 1.09. The number of aliphatic hydroxyl groups is 1. The highest BCUT2D eigenvalue weighted by Crippen LogP contribution is 2.78. The van der Waals surface area contributed by atoms with E-state index in [9.17, 15) is 14.7 Å². The van der Waals surface area contributed by atoms with Gasteiger partial charge in [0.25, 0.3) is 0 Å². The smallest absolute Gasteiger partial charge is 0.333 e. The van der Waals surface area contributed by atoms with Gasteiger partial charge in [-0.1, -0.05) is 19.4 Å². The fourth-order valence-electron chi connectivity index (χ4n) is 10.5. The predicted molar refractivity (Wildman–Crippen MR) is 129 cm³/mol. The van der Waals surface area contributed by atoms with Gasteiger partial charge in [0.15, 0.2) is 0 Å². The molecule has 13 atom stereocenters. The molecule has 0 amide bonds. The fraction of sp³-hybridized carbons (Fsp3) is 0.862. The number of methoxy groups -OCH3 is 1. The van der Waals surface area contributed by atoms with Gasteiger partial charge in [-0.15, -0.1) is 0 Å². The first-order valence-corrected chi connectivity index (χ1v) is 13.9. The van der Waals surface area contributed by atoms with Crippen molar-refractivity contribution in [2.24, 2.45) is 34.5 Å². The number of aliphatic hydroxyl groups excluding tert-OH is 1. The van der Waals surface area contributed by atoms with Crippen LogP contribution in [0.3, 0.4) is 0 Å². The number of rotatable bonds is 3. The second kappa shape index (κ2) is 7.02. The van der Waals surface area contributed by atoms with Crippen molar-refractivity contribution in [3.05, 3.63) is 11.1 Å². The van der Waals surface area contributed by atoms with Crippen LogP contribution in [0.2, 0.25) is 0 Å². The zero-order valence-corrected chi connectivity index (χ0v) is 22.3. The van der Waals surface area contributed by atoms with Crippen LogP contribution in [0.25, 0.3) is 0 Å². The average Bonchev–Trinajstić information content (AvgIpc) is 3.74. The molecule has 4 saturated carbocycles. The Bertz CT molecular complexity index is 1080. The van der Waals surface area contributed by atoms with E-state index < -0.39 is 23.2 Å². The normalized spacial score (nSPS) is 57.6. The van der Waals surface area contributed by atoms with E-state index in [1.54, 1.807) is 7.11 Å². The van der Waals surface area contributed by atoms with Crippen molar-refractivity contribution in [2.75, 3.05) is 7.11 Å². The van der Waals surface area contributed by atoms with E-state index in [0.717, 1.165) is 43.3 Å².